The highest BCUT2D eigenvalue weighted by molar-refractivity contribution is 7.13. The normalized spacial score (nSPS) is 21.0. The topological polar surface area (TPSA) is 128 Å². The van der Waals surface area contributed by atoms with Gasteiger partial charge in [0, 0.05) is 52.4 Å². The Balaban J connectivity index is 0.000000300. The van der Waals surface area contributed by atoms with Crippen molar-refractivity contribution in [1.29, 1.82) is 0 Å². The number of likely N-dealkylation sites (N-methyl/N-ethyl adjacent to an activating group) is 2. The molecule has 226 valence electrons. The molecule has 42 heavy (non-hydrogen) atoms. The summed E-state index contributed by atoms with van der Waals surface area (Å²) in [6.07, 6.45) is 6.45. The van der Waals surface area contributed by atoms with Crippen molar-refractivity contribution in [2.24, 2.45) is 0 Å². The highest BCUT2D eigenvalue weighted by Gasteiger charge is 2.49. The van der Waals surface area contributed by atoms with E-state index in [1.54, 1.807) is 13.1 Å². The first-order valence-corrected chi connectivity index (χ1v) is 15.8. The summed E-state index contributed by atoms with van der Waals surface area (Å²) < 4.78 is 4.86. The summed E-state index contributed by atoms with van der Waals surface area (Å²) in [5, 5.41) is 11.3. The minimum absolute atomic E-state index is 0.0995. The van der Waals surface area contributed by atoms with Crippen molar-refractivity contribution in [3.05, 3.63) is 50.6 Å². The summed E-state index contributed by atoms with van der Waals surface area (Å²) in [7, 11) is 3.88. The number of nitrogens with zero attached hydrogens (tertiary/aromatic N) is 2. The van der Waals surface area contributed by atoms with Gasteiger partial charge in [-0.3, -0.25) is 14.4 Å². The molecule has 3 aromatic rings. The standard InChI is InChI=1S/C23H26ClN5O2S.C7H13NO2/c1-29-9-8-18-20(12-29)32-23(28-18)22(31)27-17-5-3-2-4-16(17)26-21(30)19-11-13-10-14(24)6-7-15(13)25-19;1-3-10-6(9)7(8-2)4-5-7/h6-7,10-11,16-17,25H,2-5,8-9,12H2,1H3,(H,26,30)(H,27,31);8H,3-5H2,1-2H3/t16-,17+;/m0./s1. The Labute approximate surface area is 254 Å². The van der Waals surface area contributed by atoms with Crippen molar-refractivity contribution in [2.75, 3.05) is 27.2 Å². The molecule has 3 heterocycles. The van der Waals surface area contributed by atoms with Crippen LogP contribution < -0.4 is 16.0 Å². The molecule has 2 aliphatic carbocycles. The van der Waals surface area contributed by atoms with E-state index in [-0.39, 0.29) is 35.4 Å². The average Bonchev–Trinajstić information content (AvgIpc) is 3.49. The number of aromatic amines is 1. The van der Waals surface area contributed by atoms with E-state index in [9.17, 15) is 14.4 Å². The lowest BCUT2D eigenvalue weighted by Gasteiger charge is -2.32. The number of hydrogen-bond acceptors (Lipinski definition) is 8. The fourth-order valence-corrected chi connectivity index (χ4v) is 6.82. The van der Waals surface area contributed by atoms with Crippen LogP contribution in [0.5, 0.6) is 0 Å². The number of nitrogens with one attached hydrogen (secondary N) is 4. The second-order valence-electron chi connectivity index (χ2n) is 11.3. The summed E-state index contributed by atoms with van der Waals surface area (Å²) in [5.41, 5.74) is 2.10. The Morgan fingerprint density at radius 3 is 2.52 bits per heavy atom. The second-order valence-corrected chi connectivity index (χ2v) is 12.8. The summed E-state index contributed by atoms with van der Waals surface area (Å²) in [6, 6.07) is 7.08. The van der Waals surface area contributed by atoms with Crippen LogP contribution in [0.2, 0.25) is 5.02 Å². The third kappa shape index (κ3) is 6.96. The zero-order valence-corrected chi connectivity index (χ0v) is 25.9. The first-order chi connectivity index (χ1) is 20.2. The first-order valence-electron chi connectivity index (χ1n) is 14.6. The van der Waals surface area contributed by atoms with Crippen molar-refractivity contribution in [1.82, 2.24) is 30.8 Å². The maximum Gasteiger partial charge on any atom is 0.326 e. The molecule has 0 saturated heterocycles. The molecule has 10 nitrogen and oxygen atoms in total. The number of rotatable bonds is 7. The molecule has 1 aromatic carbocycles. The Bertz CT molecular complexity index is 1450. The van der Waals surface area contributed by atoms with E-state index in [0.29, 0.717) is 22.3 Å². The van der Waals surface area contributed by atoms with Crippen LogP contribution in [0.4, 0.5) is 0 Å². The van der Waals surface area contributed by atoms with Crippen LogP contribution in [0.25, 0.3) is 10.9 Å². The summed E-state index contributed by atoms with van der Waals surface area (Å²) in [6.45, 7) is 4.11. The van der Waals surface area contributed by atoms with Crippen LogP contribution in [0.3, 0.4) is 0 Å². The average molecular weight is 615 g/mol. The van der Waals surface area contributed by atoms with E-state index in [4.69, 9.17) is 16.3 Å². The third-order valence-corrected chi connectivity index (χ3v) is 9.55. The van der Waals surface area contributed by atoms with Crippen molar-refractivity contribution in [3.63, 3.8) is 0 Å². The number of carbonyl (C=O) groups is 3. The second kappa shape index (κ2) is 13.1. The lowest BCUT2D eigenvalue weighted by molar-refractivity contribution is -0.146. The number of halogens is 1. The van der Waals surface area contributed by atoms with Gasteiger partial charge in [0.25, 0.3) is 11.8 Å². The van der Waals surface area contributed by atoms with Gasteiger partial charge >= 0.3 is 5.97 Å². The Morgan fingerprint density at radius 2 is 1.86 bits per heavy atom. The molecule has 6 rings (SSSR count). The number of aromatic nitrogens is 2. The number of esters is 1. The number of ether oxygens (including phenoxy) is 1. The molecule has 4 N–H and O–H groups in total. The third-order valence-electron chi connectivity index (χ3n) is 8.24. The van der Waals surface area contributed by atoms with E-state index in [2.05, 4.69) is 37.9 Å². The van der Waals surface area contributed by atoms with Crippen LogP contribution in [0, 0.1) is 0 Å². The lowest BCUT2D eigenvalue weighted by atomic mass is 9.90. The van der Waals surface area contributed by atoms with E-state index in [1.165, 1.54) is 16.2 Å². The summed E-state index contributed by atoms with van der Waals surface area (Å²) in [5.74, 6) is -0.410. The molecule has 0 unspecified atom stereocenters. The van der Waals surface area contributed by atoms with Crippen molar-refractivity contribution in [3.8, 4) is 0 Å². The maximum absolute atomic E-state index is 13.0. The molecule has 12 heteroatoms. The number of H-pyrrole nitrogens is 1. The first kappa shape index (κ1) is 30.5. The molecular weight excluding hydrogens is 576 g/mol. The zero-order valence-electron chi connectivity index (χ0n) is 24.3. The molecule has 0 spiro atoms. The van der Waals surface area contributed by atoms with Gasteiger partial charge in [-0.2, -0.15) is 0 Å². The summed E-state index contributed by atoms with van der Waals surface area (Å²) in [4.78, 5) is 48.1. The fraction of sp³-hybridized carbons (Fsp3) is 0.533. The van der Waals surface area contributed by atoms with Gasteiger partial charge in [-0.05, 0) is 71.0 Å². The Hall–Kier alpha value is -2.99. The number of benzene rings is 1. The minimum atomic E-state index is -0.310. The van der Waals surface area contributed by atoms with Crippen LogP contribution in [-0.4, -0.2) is 77.5 Å². The SMILES string of the molecule is CCOC(=O)C1(NC)CC1.CN1CCc2nc(C(=O)N[C@@H]3CCCC[C@@H]3NC(=O)c3cc4cc(Cl)ccc4[nH]3)sc2C1. The van der Waals surface area contributed by atoms with Crippen molar-refractivity contribution in [2.45, 2.75) is 76.0 Å². The molecule has 3 aliphatic rings. The predicted octanol–water partition coefficient (Wildman–Crippen LogP) is 4.04. The molecule has 2 aromatic heterocycles. The van der Waals surface area contributed by atoms with Crippen molar-refractivity contribution < 1.29 is 19.1 Å². The van der Waals surface area contributed by atoms with E-state index in [0.717, 1.165) is 74.6 Å². The minimum Gasteiger partial charge on any atom is -0.465 e. The Morgan fingerprint density at radius 1 is 1.14 bits per heavy atom. The largest absolute Gasteiger partial charge is 0.465 e. The van der Waals surface area contributed by atoms with Gasteiger partial charge < -0.3 is 30.6 Å². The van der Waals surface area contributed by atoms with E-state index < -0.39 is 0 Å². The highest BCUT2D eigenvalue weighted by Crippen LogP contribution is 2.36. The molecule has 2 saturated carbocycles. The smallest absolute Gasteiger partial charge is 0.326 e. The summed E-state index contributed by atoms with van der Waals surface area (Å²) >= 11 is 7.54. The monoisotopic (exact) mass is 614 g/mol. The van der Waals surface area contributed by atoms with Gasteiger partial charge in [-0.25, -0.2) is 4.98 Å². The van der Waals surface area contributed by atoms with Crippen LogP contribution >= 0.6 is 22.9 Å². The molecular formula is C30H39ClN6O4S. The quantitative estimate of drug-likeness (QED) is 0.296. The van der Waals surface area contributed by atoms with Gasteiger partial charge in [-0.15, -0.1) is 11.3 Å². The highest BCUT2D eigenvalue weighted by atomic mass is 35.5. The van der Waals surface area contributed by atoms with E-state index in [1.807, 2.05) is 25.1 Å². The lowest BCUT2D eigenvalue weighted by Crippen LogP contribution is -2.53. The number of hydrogen-bond donors (Lipinski definition) is 4. The van der Waals surface area contributed by atoms with E-state index >= 15 is 0 Å². The zero-order chi connectivity index (χ0) is 29.9. The van der Waals surface area contributed by atoms with Crippen LogP contribution in [-0.2, 0) is 22.5 Å². The molecule has 0 bridgehead atoms. The fourth-order valence-electron chi connectivity index (χ4n) is 5.55. The molecule has 0 radical (unpaired) electrons. The van der Waals surface area contributed by atoms with Gasteiger partial charge in [0.1, 0.15) is 11.2 Å². The Kier molecular flexibility index (Phi) is 9.51. The molecule has 2 atom stereocenters. The van der Waals surface area contributed by atoms with Crippen molar-refractivity contribution >= 4 is 51.6 Å². The number of fused-ring (bicyclic) bond motifs is 2. The van der Waals surface area contributed by atoms with Crippen LogP contribution in [0.1, 0.15) is 76.3 Å². The number of carbonyl (C=O) groups excluding carboxylic acids is 3. The molecule has 2 amide bonds. The molecule has 2 fully saturated rings. The van der Waals surface area contributed by atoms with Gasteiger partial charge in [0.2, 0.25) is 0 Å². The van der Waals surface area contributed by atoms with Gasteiger partial charge in [-0.1, -0.05) is 24.4 Å². The molecule has 1 aliphatic heterocycles. The van der Waals surface area contributed by atoms with Gasteiger partial charge in [0.05, 0.1) is 12.3 Å². The maximum atomic E-state index is 13.0. The van der Waals surface area contributed by atoms with Gasteiger partial charge in [0.15, 0.2) is 5.01 Å². The predicted molar refractivity (Wildman–Crippen MR) is 164 cm³/mol. The van der Waals surface area contributed by atoms with Crippen LogP contribution in [0.15, 0.2) is 24.3 Å². The number of thiazole rings is 1. The number of amides is 2.